The fourth-order valence-corrected chi connectivity index (χ4v) is 3.59. The summed E-state index contributed by atoms with van der Waals surface area (Å²) < 4.78 is 0. The summed E-state index contributed by atoms with van der Waals surface area (Å²) in [4.78, 5) is 24.1. The number of rotatable bonds is 4. The number of nitrogens with one attached hydrogen (secondary N) is 1. The molecule has 1 heterocycles. The van der Waals surface area contributed by atoms with Gasteiger partial charge in [0.05, 0.1) is 5.56 Å². The van der Waals surface area contributed by atoms with Gasteiger partial charge in [0.1, 0.15) is 5.00 Å². The molecule has 2 rings (SSSR count). The number of hydrogen-bond donors (Lipinski definition) is 2. The van der Waals surface area contributed by atoms with E-state index in [1.165, 1.54) is 11.3 Å². The van der Waals surface area contributed by atoms with Crippen LogP contribution >= 0.6 is 11.3 Å². The molecule has 0 aliphatic heterocycles. The summed E-state index contributed by atoms with van der Waals surface area (Å²) in [7, 11) is 0. The van der Waals surface area contributed by atoms with Gasteiger partial charge in [-0.2, -0.15) is 0 Å². The molecule has 4 nitrogen and oxygen atoms in total. The number of hydrogen-bond acceptors (Lipinski definition) is 3. The molecular formula is C13H17NO3S. The van der Waals surface area contributed by atoms with Crippen molar-refractivity contribution in [3.05, 3.63) is 16.0 Å². The molecule has 18 heavy (non-hydrogen) atoms. The fraction of sp³-hybridized carbons (Fsp3) is 0.538. The van der Waals surface area contributed by atoms with Crippen molar-refractivity contribution in [2.45, 2.75) is 45.4 Å². The van der Waals surface area contributed by atoms with E-state index in [0.29, 0.717) is 17.0 Å². The zero-order valence-corrected chi connectivity index (χ0v) is 11.2. The Labute approximate surface area is 110 Å². The van der Waals surface area contributed by atoms with E-state index in [1.807, 2.05) is 6.92 Å². The van der Waals surface area contributed by atoms with E-state index in [2.05, 4.69) is 5.32 Å². The van der Waals surface area contributed by atoms with Crippen LogP contribution in [0.4, 0.5) is 5.00 Å². The standard InChI is InChI=1S/C13H17NO3S/c1-2-5-10(15)14-12-11(13(16)17)8-6-3-4-7-9(8)18-12/h2-7H2,1H3,(H,14,15)(H,16,17). The van der Waals surface area contributed by atoms with E-state index in [1.54, 1.807) is 0 Å². The lowest BCUT2D eigenvalue weighted by atomic mass is 9.95. The van der Waals surface area contributed by atoms with Crippen LogP contribution in [0.2, 0.25) is 0 Å². The van der Waals surface area contributed by atoms with Crippen LogP contribution in [0.15, 0.2) is 0 Å². The summed E-state index contributed by atoms with van der Waals surface area (Å²) >= 11 is 1.43. The van der Waals surface area contributed by atoms with Gasteiger partial charge in [0.2, 0.25) is 5.91 Å². The molecule has 1 aliphatic carbocycles. The van der Waals surface area contributed by atoms with Crippen LogP contribution < -0.4 is 5.32 Å². The Morgan fingerprint density at radius 2 is 2.06 bits per heavy atom. The Morgan fingerprint density at radius 1 is 1.33 bits per heavy atom. The highest BCUT2D eigenvalue weighted by atomic mass is 32.1. The average molecular weight is 267 g/mol. The first-order valence-corrected chi connectivity index (χ1v) is 7.12. The molecule has 5 heteroatoms. The normalized spacial score (nSPS) is 14.1. The monoisotopic (exact) mass is 267 g/mol. The third kappa shape index (κ3) is 2.56. The molecule has 1 aromatic rings. The number of carboxylic acids is 1. The van der Waals surface area contributed by atoms with Crippen molar-refractivity contribution in [1.29, 1.82) is 0 Å². The molecule has 0 spiro atoms. The molecular weight excluding hydrogens is 250 g/mol. The summed E-state index contributed by atoms with van der Waals surface area (Å²) in [5.74, 6) is -1.03. The van der Waals surface area contributed by atoms with Gasteiger partial charge in [-0.15, -0.1) is 11.3 Å². The number of amides is 1. The predicted octanol–water partition coefficient (Wildman–Crippen LogP) is 3.06. The smallest absolute Gasteiger partial charge is 0.339 e. The number of carboxylic acid groups (broad SMARTS) is 1. The summed E-state index contributed by atoms with van der Waals surface area (Å²) in [6, 6.07) is 0. The van der Waals surface area contributed by atoms with Crippen molar-refractivity contribution in [1.82, 2.24) is 0 Å². The summed E-state index contributed by atoms with van der Waals surface area (Å²) in [5.41, 5.74) is 1.25. The van der Waals surface area contributed by atoms with Crippen molar-refractivity contribution < 1.29 is 14.7 Å². The maximum atomic E-state index is 11.6. The first-order valence-electron chi connectivity index (χ1n) is 6.31. The number of aromatic carboxylic acids is 1. The molecule has 0 fully saturated rings. The van der Waals surface area contributed by atoms with E-state index in [9.17, 15) is 14.7 Å². The zero-order valence-electron chi connectivity index (χ0n) is 10.4. The molecule has 0 atom stereocenters. The van der Waals surface area contributed by atoms with Crippen LogP contribution in [0.5, 0.6) is 0 Å². The van der Waals surface area contributed by atoms with Crippen LogP contribution in [0, 0.1) is 0 Å². The van der Waals surface area contributed by atoms with E-state index < -0.39 is 5.97 Å². The van der Waals surface area contributed by atoms with Gasteiger partial charge in [-0.3, -0.25) is 4.79 Å². The number of carbonyl (C=O) groups excluding carboxylic acids is 1. The molecule has 1 aromatic heterocycles. The van der Waals surface area contributed by atoms with E-state index >= 15 is 0 Å². The van der Waals surface area contributed by atoms with Gasteiger partial charge in [-0.1, -0.05) is 6.92 Å². The first-order chi connectivity index (χ1) is 8.63. The Hall–Kier alpha value is -1.36. The number of fused-ring (bicyclic) bond motifs is 1. The highest BCUT2D eigenvalue weighted by Gasteiger charge is 2.25. The van der Waals surface area contributed by atoms with E-state index in [0.717, 1.165) is 42.5 Å². The predicted molar refractivity (Wildman–Crippen MR) is 71.5 cm³/mol. The van der Waals surface area contributed by atoms with Crippen molar-refractivity contribution in [3.8, 4) is 0 Å². The minimum absolute atomic E-state index is 0.0985. The van der Waals surface area contributed by atoms with Crippen molar-refractivity contribution >= 4 is 28.2 Å². The van der Waals surface area contributed by atoms with Crippen LogP contribution in [0.1, 0.15) is 53.4 Å². The van der Waals surface area contributed by atoms with Gasteiger partial charge in [0.15, 0.2) is 0 Å². The third-order valence-electron chi connectivity index (χ3n) is 3.12. The molecule has 0 saturated heterocycles. The van der Waals surface area contributed by atoms with Crippen molar-refractivity contribution in [2.75, 3.05) is 5.32 Å². The molecule has 0 unspecified atom stereocenters. The molecule has 2 N–H and O–H groups in total. The highest BCUT2D eigenvalue weighted by Crippen LogP contribution is 2.38. The fourth-order valence-electron chi connectivity index (χ4n) is 2.30. The maximum Gasteiger partial charge on any atom is 0.339 e. The van der Waals surface area contributed by atoms with Gasteiger partial charge >= 0.3 is 5.97 Å². The highest BCUT2D eigenvalue weighted by molar-refractivity contribution is 7.17. The van der Waals surface area contributed by atoms with Gasteiger partial charge < -0.3 is 10.4 Å². The molecule has 0 radical (unpaired) electrons. The van der Waals surface area contributed by atoms with Gasteiger partial charge in [-0.05, 0) is 37.7 Å². The minimum atomic E-state index is -0.929. The van der Waals surface area contributed by atoms with Gasteiger partial charge in [0, 0.05) is 11.3 Å². The second-order valence-electron chi connectivity index (χ2n) is 4.52. The molecule has 1 aliphatic rings. The van der Waals surface area contributed by atoms with Crippen molar-refractivity contribution in [2.24, 2.45) is 0 Å². The first kappa shape index (κ1) is 13.1. The second-order valence-corrected chi connectivity index (χ2v) is 5.62. The quantitative estimate of drug-likeness (QED) is 0.881. The topological polar surface area (TPSA) is 66.4 Å². The molecule has 98 valence electrons. The number of aryl methyl sites for hydroxylation is 1. The Kier molecular flexibility index (Phi) is 4.01. The van der Waals surface area contributed by atoms with Crippen LogP contribution in [-0.4, -0.2) is 17.0 Å². The maximum absolute atomic E-state index is 11.6. The SMILES string of the molecule is CCCC(=O)Nc1sc2c(c1C(=O)O)CCCC2. The largest absolute Gasteiger partial charge is 0.478 e. The summed E-state index contributed by atoms with van der Waals surface area (Å²) in [5, 5.41) is 12.6. The van der Waals surface area contributed by atoms with Crippen LogP contribution in [-0.2, 0) is 17.6 Å². The van der Waals surface area contributed by atoms with Crippen LogP contribution in [0.25, 0.3) is 0 Å². The van der Waals surface area contributed by atoms with E-state index in [4.69, 9.17) is 0 Å². The third-order valence-corrected chi connectivity index (χ3v) is 4.32. The Morgan fingerprint density at radius 3 is 2.72 bits per heavy atom. The minimum Gasteiger partial charge on any atom is -0.478 e. The summed E-state index contributed by atoms with van der Waals surface area (Å²) in [6.07, 6.45) is 5.09. The number of anilines is 1. The molecule has 0 bridgehead atoms. The van der Waals surface area contributed by atoms with Gasteiger partial charge in [-0.25, -0.2) is 4.79 Å². The lowest BCUT2D eigenvalue weighted by Gasteiger charge is -2.10. The Balaban J connectivity index is 2.31. The molecule has 0 aromatic carbocycles. The molecule has 0 saturated carbocycles. The number of carbonyl (C=O) groups is 2. The zero-order chi connectivity index (χ0) is 13.1. The number of thiophene rings is 1. The lowest BCUT2D eigenvalue weighted by molar-refractivity contribution is -0.116. The lowest BCUT2D eigenvalue weighted by Crippen LogP contribution is -2.13. The van der Waals surface area contributed by atoms with Crippen LogP contribution in [0.3, 0.4) is 0 Å². The van der Waals surface area contributed by atoms with Gasteiger partial charge in [0.25, 0.3) is 0 Å². The average Bonchev–Trinajstić information content (AvgIpc) is 2.66. The van der Waals surface area contributed by atoms with E-state index in [-0.39, 0.29) is 5.91 Å². The Bertz CT molecular complexity index is 479. The molecule has 1 amide bonds. The van der Waals surface area contributed by atoms with Crippen molar-refractivity contribution in [3.63, 3.8) is 0 Å². The summed E-state index contributed by atoms with van der Waals surface area (Å²) in [6.45, 7) is 1.93. The second kappa shape index (κ2) is 5.52.